The maximum absolute atomic E-state index is 12.4. The number of nitrogens with one attached hydrogen (secondary N) is 1. The van der Waals surface area contributed by atoms with Crippen molar-refractivity contribution in [1.82, 2.24) is 9.21 Å². The zero-order valence-electron chi connectivity index (χ0n) is 16.6. The molecule has 3 N–H and O–H groups in total. The summed E-state index contributed by atoms with van der Waals surface area (Å²) in [5.74, 6) is -1.22. The Hall–Kier alpha value is -1.60. The zero-order valence-corrected chi connectivity index (χ0v) is 19.7. The van der Waals surface area contributed by atoms with E-state index in [0.29, 0.717) is 4.47 Å². The van der Waals surface area contributed by atoms with Crippen molar-refractivity contribution >= 4 is 55.6 Å². The fraction of sp³-hybridized carbons (Fsp3) is 0.529. The topological polar surface area (TPSA) is 136 Å². The highest BCUT2D eigenvalue weighted by Gasteiger charge is 2.37. The number of benzene rings is 1. The summed E-state index contributed by atoms with van der Waals surface area (Å²) >= 11 is 9.41. The molecule has 1 aliphatic heterocycles. The van der Waals surface area contributed by atoms with Gasteiger partial charge in [0, 0.05) is 30.7 Å². The molecule has 0 saturated carbocycles. The summed E-state index contributed by atoms with van der Waals surface area (Å²) in [6.07, 6.45) is -0.616. The van der Waals surface area contributed by atoms with Gasteiger partial charge in [0.15, 0.2) is 0 Å². The van der Waals surface area contributed by atoms with Gasteiger partial charge in [-0.05, 0) is 48.8 Å². The summed E-state index contributed by atoms with van der Waals surface area (Å²) < 4.78 is 39.8. The number of anilines is 1. The lowest BCUT2D eigenvalue weighted by Crippen LogP contribution is -2.59. The molecule has 2 rings (SSSR count). The summed E-state index contributed by atoms with van der Waals surface area (Å²) in [5, 5.41) is 12.3. The first-order valence-electron chi connectivity index (χ1n) is 8.88. The van der Waals surface area contributed by atoms with Crippen LogP contribution in [0.1, 0.15) is 31.1 Å². The monoisotopic (exact) mass is 527 g/mol. The number of carbonyl (C=O) groups excluding carboxylic acids is 1. The van der Waals surface area contributed by atoms with Gasteiger partial charge in [-0.3, -0.25) is 4.55 Å². The number of rotatable bonds is 5. The highest BCUT2D eigenvalue weighted by Crippen LogP contribution is 2.33. The van der Waals surface area contributed by atoms with Crippen molar-refractivity contribution in [3.63, 3.8) is 0 Å². The number of hydrogen-bond acceptors (Lipinski definition) is 6. The molecule has 0 aliphatic carbocycles. The number of amides is 1. The van der Waals surface area contributed by atoms with Crippen LogP contribution in [0.15, 0.2) is 16.6 Å². The first kappa shape index (κ1) is 24.7. The van der Waals surface area contributed by atoms with E-state index >= 15 is 0 Å². The molecule has 1 fully saturated rings. The third-order valence-corrected chi connectivity index (χ3v) is 6.57. The van der Waals surface area contributed by atoms with Crippen LogP contribution < -0.4 is 5.32 Å². The SMILES string of the molecule is CC(C)(C)OC(=O)N1CCN(S(=O)(=O)O)[C@@H](CNc2c(C(=O)O)ccc(Br)c2Cl)C1. The fourth-order valence-electron chi connectivity index (χ4n) is 2.92. The number of halogens is 2. The molecule has 0 aromatic heterocycles. The predicted octanol–water partition coefficient (Wildman–Crippen LogP) is 2.94. The second kappa shape index (κ2) is 9.27. The van der Waals surface area contributed by atoms with E-state index < -0.39 is 34.0 Å². The molecule has 168 valence electrons. The first-order valence-corrected chi connectivity index (χ1v) is 11.4. The molecule has 13 heteroatoms. The quantitative estimate of drug-likeness (QED) is 0.496. The third kappa shape index (κ3) is 6.20. The van der Waals surface area contributed by atoms with Crippen LogP contribution in [0.25, 0.3) is 0 Å². The van der Waals surface area contributed by atoms with Crippen molar-refractivity contribution < 1.29 is 32.4 Å². The van der Waals surface area contributed by atoms with Crippen molar-refractivity contribution in [3.8, 4) is 0 Å². The molecule has 1 aromatic carbocycles. The minimum atomic E-state index is -4.55. The van der Waals surface area contributed by atoms with Gasteiger partial charge in [-0.15, -0.1) is 0 Å². The Balaban J connectivity index is 2.26. The number of piperazine rings is 1. The number of carboxylic acid groups (broad SMARTS) is 1. The van der Waals surface area contributed by atoms with Gasteiger partial charge < -0.3 is 20.1 Å². The largest absolute Gasteiger partial charge is 0.478 e. The number of ether oxygens (including phenoxy) is 1. The van der Waals surface area contributed by atoms with E-state index in [1.54, 1.807) is 20.8 Å². The maximum atomic E-state index is 12.4. The van der Waals surface area contributed by atoms with E-state index in [-0.39, 0.29) is 42.5 Å². The Bertz CT molecular complexity index is 936. The van der Waals surface area contributed by atoms with Crippen molar-refractivity contribution in [2.45, 2.75) is 32.4 Å². The Labute approximate surface area is 188 Å². The summed E-state index contributed by atoms with van der Waals surface area (Å²) in [4.78, 5) is 25.2. The van der Waals surface area contributed by atoms with Gasteiger partial charge in [-0.25, -0.2) is 9.59 Å². The van der Waals surface area contributed by atoms with Gasteiger partial charge >= 0.3 is 22.4 Å². The molecular formula is C17H23BrClN3O7S. The third-order valence-electron chi connectivity index (χ3n) is 4.22. The Morgan fingerprint density at radius 3 is 2.50 bits per heavy atom. The van der Waals surface area contributed by atoms with Gasteiger partial charge in [-0.1, -0.05) is 11.6 Å². The van der Waals surface area contributed by atoms with Crippen LogP contribution in [0.2, 0.25) is 5.02 Å². The number of aromatic carboxylic acids is 1. The number of carboxylic acids is 1. The molecule has 30 heavy (non-hydrogen) atoms. The van der Waals surface area contributed by atoms with Gasteiger partial charge in [0.25, 0.3) is 0 Å². The molecule has 0 radical (unpaired) electrons. The molecule has 1 heterocycles. The minimum Gasteiger partial charge on any atom is -0.478 e. The van der Waals surface area contributed by atoms with Crippen LogP contribution in [0.3, 0.4) is 0 Å². The van der Waals surface area contributed by atoms with Crippen molar-refractivity contribution in [3.05, 3.63) is 27.2 Å². The molecular weight excluding hydrogens is 506 g/mol. The smallest absolute Gasteiger partial charge is 0.410 e. The van der Waals surface area contributed by atoms with Crippen molar-refractivity contribution in [2.24, 2.45) is 0 Å². The summed E-state index contributed by atoms with van der Waals surface area (Å²) in [7, 11) is -4.55. The predicted molar refractivity (Wildman–Crippen MR) is 114 cm³/mol. The Morgan fingerprint density at radius 2 is 1.97 bits per heavy atom. The molecule has 0 bridgehead atoms. The maximum Gasteiger partial charge on any atom is 0.410 e. The van der Waals surface area contributed by atoms with Crippen LogP contribution in [-0.2, 0) is 15.0 Å². The second-order valence-corrected chi connectivity index (χ2v) is 10.2. The molecule has 1 amide bonds. The van der Waals surface area contributed by atoms with E-state index in [0.717, 1.165) is 4.31 Å². The standard InChI is InChI=1S/C17H23BrClN3O7S/c1-17(2,3)29-16(25)21-6-7-22(30(26,27)28)10(9-21)8-20-14-11(15(23)24)4-5-12(18)13(14)19/h4-5,10,20H,6-9H2,1-3H3,(H,23,24)(H,26,27,28)/t10-/m0/s1. The summed E-state index contributed by atoms with van der Waals surface area (Å²) in [6.45, 7) is 4.82. The van der Waals surface area contributed by atoms with E-state index in [1.807, 2.05) is 0 Å². The van der Waals surface area contributed by atoms with Crippen LogP contribution in [-0.4, -0.2) is 77.2 Å². The summed E-state index contributed by atoms with van der Waals surface area (Å²) in [5.41, 5.74) is -0.754. The van der Waals surface area contributed by atoms with Gasteiger partial charge in [0.05, 0.1) is 22.3 Å². The van der Waals surface area contributed by atoms with Crippen LogP contribution >= 0.6 is 27.5 Å². The van der Waals surface area contributed by atoms with Gasteiger partial charge in [-0.2, -0.15) is 12.7 Å². The van der Waals surface area contributed by atoms with E-state index in [4.69, 9.17) is 16.3 Å². The van der Waals surface area contributed by atoms with E-state index in [1.165, 1.54) is 17.0 Å². The Kier molecular flexibility index (Phi) is 7.62. The molecule has 1 saturated heterocycles. The molecule has 1 aromatic rings. The highest BCUT2D eigenvalue weighted by atomic mass is 79.9. The average Bonchev–Trinajstić information content (AvgIpc) is 2.60. The normalized spacial score (nSPS) is 18.2. The van der Waals surface area contributed by atoms with E-state index in [2.05, 4.69) is 21.2 Å². The Morgan fingerprint density at radius 1 is 1.33 bits per heavy atom. The number of nitrogens with zero attached hydrogens (tertiary/aromatic N) is 2. The molecule has 1 atom stereocenters. The average molecular weight is 529 g/mol. The number of hydrogen-bond donors (Lipinski definition) is 3. The lowest BCUT2D eigenvalue weighted by Gasteiger charge is -2.39. The van der Waals surface area contributed by atoms with E-state index in [9.17, 15) is 27.7 Å². The number of carbonyl (C=O) groups is 2. The second-order valence-electron chi connectivity index (χ2n) is 7.64. The van der Waals surface area contributed by atoms with Crippen LogP contribution in [0.4, 0.5) is 10.5 Å². The van der Waals surface area contributed by atoms with Gasteiger partial charge in [0.2, 0.25) is 0 Å². The molecule has 0 unspecified atom stereocenters. The zero-order chi connectivity index (χ0) is 22.9. The molecule has 1 aliphatic rings. The van der Waals surface area contributed by atoms with Crippen molar-refractivity contribution in [1.29, 1.82) is 0 Å². The summed E-state index contributed by atoms with van der Waals surface area (Å²) in [6, 6.07) is 1.93. The lowest BCUT2D eigenvalue weighted by atomic mass is 10.1. The van der Waals surface area contributed by atoms with Crippen molar-refractivity contribution in [2.75, 3.05) is 31.5 Å². The van der Waals surface area contributed by atoms with Crippen LogP contribution in [0.5, 0.6) is 0 Å². The van der Waals surface area contributed by atoms with Crippen LogP contribution in [0, 0.1) is 0 Å². The fourth-order valence-corrected chi connectivity index (χ4v) is 4.31. The highest BCUT2D eigenvalue weighted by molar-refractivity contribution is 9.10. The van der Waals surface area contributed by atoms with Gasteiger partial charge in [0.1, 0.15) is 5.60 Å². The lowest BCUT2D eigenvalue weighted by molar-refractivity contribution is 0.0133. The molecule has 0 spiro atoms. The molecule has 10 nitrogen and oxygen atoms in total. The first-order chi connectivity index (χ1) is 13.7. The minimum absolute atomic E-state index is 0.0310.